The zero-order valence-corrected chi connectivity index (χ0v) is 19.6. The minimum Gasteiger partial charge on any atom is -0.550 e. The second-order valence-corrected chi connectivity index (χ2v) is 6.97. The molecule has 0 spiro atoms. The third-order valence-corrected chi connectivity index (χ3v) is 4.69. The number of carbonyl (C=O) groups excluding carboxylic acids is 1. The Bertz CT molecular complexity index is 428. The van der Waals surface area contributed by atoms with E-state index in [0.29, 0.717) is 6.42 Å². The average molecular weight is 371 g/mol. The Morgan fingerprint density at radius 3 is 1.56 bits per heavy atom. The first-order chi connectivity index (χ1) is 11.7. The number of unbranched alkanes of at least 4 members (excludes halogenated alkanes) is 9. The average Bonchev–Trinajstić information content (AvgIpc) is 2.57. The number of rotatable bonds is 15. The van der Waals surface area contributed by atoms with Crippen molar-refractivity contribution >= 4 is 5.97 Å². The number of aliphatic carboxylic acids is 1. The van der Waals surface area contributed by atoms with Crippen molar-refractivity contribution in [1.82, 2.24) is 0 Å². The van der Waals surface area contributed by atoms with E-state index in [2.05, 4.69) is 31.2 Å². The monoisotopic (exact) mass is 370 g/mol. The number of carbonyl (C=O) groups is 1. The Labute approximate surface area is 197 Å². The van der Waals surface area contributed by atoms with Crippen LogP contribution in [0.4, 0.5) is 0 Å². The molecule has 1 aromatic rings. The molecule has 0 saturated heterocycles. The molecular formula is C22H35KO2. The molecule has 0 unspecified atom stereocenters. The summed E-state index contributed by atoms with van der Waals surface area (Å²) in [4.78, 5) is 10.4. The van der Waals surface area contributed by atoms with Crippen molar-refractivity contribution in [1.29, 1.82) is 0 Å². The van der Waals surface area contributed by atoms with Gasteiger partial charge < -0.3 is 9.90 Å². The number of aryl methyl sites for hydroxylation is 2. The molecule has 25 heavy (non-hydrogen) atoms. The third-order valence-electron chi connectivity index (χ3n) is 4.69. The van der Waals surface area contributed by atoms with Crippen molar-refractivity contribution in [2.45, 2.75) is 96.8 Å². The van der Waals surface area contributed by atoms with E-state index in [0.717, 1.165) is 12.8 Å². The maximum Gasteiger partial charge on any atom is 1.00 e. The van der Waals surface area contributed by atoms with Gasteiger partial charge in [-0.25, -0.2) is 0 Å². The van der Waals surface area contributed by atoms with Crippen molar-refractivity contribution in [3.8, 4) is 0 Å². The van der Waals surface area contributed by atoms with Crippen molar-refractivity contribution in [2.24, 2.45) is 0 Å². The normalized spacial score (nSPS) is 10.4. The van der Waals surface area contributed by atoms with E-state index in [4.69, 9.17) is 0 Å². The van der Waals surface area contributed by atoms with Gasteiger partial charge in [0.1, 0.15) is 0 Å². The molecule has 0 aliphatic rings. The van der Waals surface area contributed by atoms with Gasteiger partial charge in [-0.3, -0.25) is 0 Å². The molecule has 0 aliphatic carbocycles. The zero-order chi connectivity index (χ0) is 17.5. The quantitative estimate of drug-likeness (QED) is 0.351. The van der Waals surface area contributed by atoms with E-state index < -0.39 is 5.97 Å². The molecule has 2 nitrogen and oxygen atoms in total. The minimum atomic E-state index is -0.951. The van der Waals surface area contributed by atoms with Crippen LogP contribution < -0.4 is 56.5 Å². The molecule has 0 amide bonds. The van der Waals surface area contributed by atoms with Crippen LogP contribution >= 0.6 is 0 Å². The fourth-order valence-corrected chi connectivity index (χ4v) is 3.13. The van der Waals surface area contributed by atoms with E-state index in [-0.39, 0.29) is 57.8 Å². The van der Waals surface area contributed by atoms with Crippen LogP contribution in [0.25, 0.3) is 0 Å². The Hall–Kier alpha value is 0.326. The smallest absolute Gasteiger partial charge is 0.550 e. The van der Waals surface area contributed by atoms with E-state index in [1.165, 1.54) is 75.3 Å². The number of carboxylic acids is 1. The van der Waals surface area contributed by atoms with Gasteiger partial charge in [0.15, 0.2) is 0 Å². The van der Waals surface area contributed by atoms with Gasteiger partial charge in [0, 0.05) is 5.97 Å². The molecule has 0 aliphatic heterocycles. The largest absolute Gasteiger partial charge is 1.00 e. The summed E-state index contributed by atoms with van der Waals surface area (Å²) in [6, 6.07) is 8.67. The molecule has 1 rings (SSSR count). The first kappa shape index (κ1) is 25.3. The van der Waals surface area contributed by atoms with Gasteiger partial charge in [-0.05, 0) is 43.2 Å². The number of hydrogen-bond donors (Lipinski definition) is 0. The first-order valence-corrected chi connectivity index (χ1v) is 10.00. The van der Waals surface area contributed by atoms with Crippen LogP contribution in [0, 0.1) is 0 Å². The molecule has 0 atom stereocenters. The van der Waals surface area contributed by atoms with Crippen molar-refractivity contribution in [3.05, 3.63) is 35.4 Å². The van der Waals surface area contributed by atoms with E-state index in [1.54, 1.807) is 0 Å². The van der Waals surface area contributed by atoms with Gasteiger partial charge in [-0.2, -0.15) is 0 Å². The summed E-state index contributed by atoms with van der Waals surface area (Å²) in [5, 5.41) is 10.4. The van der Waals surface area contributed by atoms with Crippen molar-refractivity contribution < 1.29 is 61.3 Å². The molecule has 1 aromatic carbocycles. The van der Waals surface area contributed by atoms with Crippen LogP contribution in [0.15, 0.2) is 24.3 Å². The predicted octanol–water partition coefficient (Wildman–Crippen LogP) is 2.23. The van der Waals surface area contributed by atoms with Crippen LogP contribution in [-0.2, 0) is 17.6 Å². The van der Waals surface area contributed by atoms with E-state index >= 15 is 0 Å². The molecular weight excluding hydrogens is 335 g/mol. The predicted molar refractivity (Wildman–Crippen MR) is 99.9 cm³/mol. The Balaban J connectivity index is 0.00000576. The van der Waals surface area contributed by atoms with Crippen LogP contribution in [0.1, 0.15) is 95.1 Å². The molecule has 136 valence electrons. The molecule has 0 aromatic heterocycles. The second kappa shape index (κ2) is 17.7. The summed E-state index contributed by atoms with van der Waals surface area (Å²) < 4.78 is 0. The summed E-state index contributed by atoms with van der Waals surface area (Å²) in [5.41, 5.74) is 2.63. The van der Waals surface area contributed by atoms with Crippen molar-refractivity contribution in [3.63, 3.8) is 0 Å². The molecule has 0 radical (unpaired) electrons. The number of hydrogen-bond acceptors (Lipinski definition) is 2. The van der Waals surface area contributed by atoms with Crippen molar-refractivity contribution in [2.75, 3.05) is 0 Å². The molecule has 0 N–H and O–H groups in total. The van der Waals surface area contributed by atoms with Crippen LogP contribution in [0.3, 0.4) is 0 Å². The summed E-state index contributed by atoms with van der Waals surface area (Å²) in [5.74, 6) is -0.951. The van der Waals surface area contributed by atoms with Crippen LogP contribution in [0.5, 0.6) is 0 Å². The summed E-state index contributed by atoms with van der Waals surface area (Å²) in [7, 11) is 0. The number of benzene rings is 1. The third kappa shape index (κ3) is 15.1. The van der Waals surface area contributed by atoms with Gasteiger partial charge >= 0.3 is 51.4 Å². The van der Waals surface area contributed by atoms with Gasteiger partial charge in [-0.15, -0.1) is 0 Å². The Morgan fingerprint density at radius 2 is 1.12 bits per heavy atom. The standard InChI is InChI=1S/C22H36O2.K/c1-2-3-4-5-6-7-8-9-10-11-13-20-16-18-21(19-17-20)14-12-15-22(23)24;/h16-19H,2-15H2,1H3,(H,23,24);/q;+1/p-1. The molecule has 3 heteroatoms. The molecule has 0 bridgehead atoms. The molecule has 0 heterocycles. The number of carboxylic acid groups (broad SMARTS) is 1. The maximum absolute atomic E-state index is 10.4. The van der Waals surface area contributed by atoms with Gasteiger partial charge in [0.2, 0.25) is 0 Å². The fraction of sp³-hybridized carbons (Fsp3) is 0.682. The van der Waals surface area contributed by atoms with E-state index in [1.807, 2.05) is 0 Å². The van der Waals surface area contributed by atoms with Crippen LogP contribution in [-0.4, -0.2) is 5.97 Å². The Morgan fingerprint density at radius 1 is 0.720 bits per heavy atom. The summed E-state index contributed by atoms with van der Waals surface area (Å²) in [6.07, 6.45) is 16.6. The molecule has 0 saturated carbocycles. The topological polar surface area (TPSA) is 40.1 Å². The zero-order valence-electron chi connectivity index (χ0n) is 16.5. The van der Waals surface area contributed by atoms with E-state index in [9.17, 15) is 9.90 Å². The minimum absolute atomic E-state index is 0. The SMILES string of the molecule is CCCCCCCCCCCCc1ccc(CCCC(=O)[O-])cc1.[K+]. The fourth-order valence-electron chi connectivity index (χ4n) is 3.13. The first-order valence-electron chi connectivity index (χ1n) is 10.00. The van der Waals surface area contributed by atoms with Gasteiger partial charge in [0.05, 0.1) is 0 Å². The van der Waals surface area contributed by atoms with Gasteiger partial charge in [0.25, 0.3) is 0 Å². The summed E-state index contributed by atoms with van der Waals surface area (Å²) >= 11 is 0. The summed E-state index contributed by atoms with van der Waals surface area (Å²) in [6.45, 7) is 2.27. The van der Waals surface area contributed by atoms with Crippen LogP contribution in [0.2, 0.25) is 0 Å². The maximum atomic E-state index is 10.4. The molecule has 0 fully saturated rings. The Kier molecular flexibility index (Phi) is 18.0. The second-order valence-electron chi connectivity index (χ2n) is 6.97. The van der Waals surface area contributed by atoms with Gasteiger partial charge in [-0.1, -0.05) is 89.0 Å².